The predicted molar refractivity (Wildman–Crippen MR) is 128 cm³/mol. The van der Waals surface area contributed by atoms with Gasteiger partial charge in [-0.05, 0) is 43.7 Å². The Hall–Kier alpha value is -3.79. The van der Waals surface area contributed by atoms with Crippen molar-refractivity contribution in [1.29, 1.82) is 0 Å². The maximum absolute atomic E-state index is 5.64. The Bertz CT molecular complexity index is 1380. The number of aliphatic imine (C=N–C) groups is 1. The van der Waals surface area contributed by atoms with Crippen LogP contribution in [0.5, 0.6) is 11.5 Å². The van der Waals surface area contributed by atoms with E-state index >= 15 is 0 Å². The molecule has 0 radical (unpaired) electrons. The fourth-order valence-electron chi connectivity index (χ4n) is 4.53. The summed E-state index contributed by atoms with van der Waals surface area (Å²) in [7, 11) is 3.33. The Morgan fingerprint density at radius 3 is 2.39 bits per heavy atom. The maximum atomic E-state index is 5.64. The number of aromatic nitrogens is 1. The van der Waals surface area contributed by atoms with Crippen molar-refractivity contribution in [2.75, 3.05) is 14.2 Å². The van der Waals surface area contributed by atoms with Gasteiger partial charge >= 0.3 is 0 Å². The largest absolute Gasteiger partial charge is 0.493 e. The lowest BCUT2D eigenvalue weighted by atomic mass is 9.86. The molecule has 0 bridgehead atoms. The average molecular weight is 409 g/mol. The quantitative estimate of drug-likeness (QED) is 0.416. The van der Waals surface area contributed by atoms with Gasteiger partial charge in [-0.3, -0.25) is 4.99 Å². The summed E-state index contributed by atoms with van der Waals surface area (Å²) in [6.07, 6.45) is 0. The van der Waals surface area contributed by atoms with E-state index in [-0.39, 0.29) is 0 Å². The lowest BCUT2D eigenvalue weighted by Gasteiger charge is -2.17. The molecular weight excluding hydrogens is 384 g/mol. The first kappa shape index (κ1) is 19.2. The third-order valence-electron chi connectivity index (χ3n) is 5.89. The fraction of sp³-hybridized carbons (Fsp3) is 0.148. The van der Waals surface area contributed by atoms with E-state index in [9.17, 15) is 0 Å². The van der Waals surface area contributed by atoms with Crippen LogP contribution < -0.4 is 9.47 Å². The van der Waals surface area contributed by atoms with Crippen molar-refractivity contribution in [2.45, 2.75) is 13.8 Å². The monoisotopic (exact) mass is 408 g/mol. The molecule has 31 heavy (non-hydrogen) atoms. The van der Waals surface area contributed by atoms with Crippen LogP contribution in [0.4, 0.5) is 5.69 Å². The van der Waals surface area contributed by atoms with E-state index in [0.717, 1.165) is 44.9 Å². The zero-order valence-electron chi connectivity index (χ0n) is 18.1. The summed E-state index contributed by atoms with van der Waals surface area (Å²) >= 11 is 0. The number of benzene rings is 3. The SMILES string of the molecule is COc1ccc(/C(=C2/C(C)=Nc3ccccc32)c2c(C)[nH]c3ccccc23)cc1OC. The van der Waals surface area contributed by atoms with Crippen LogP contribution in [0.2, 0.25) is 0 Å². The Morgan fingerprint density at radius 1 is 0.839 bits per heavy atom. The molecule has 4 heteroatoms. The van der Waals surface area contributed by atoms with Crippen molar-refractivity contribution < 1.29 is 9.47 Å². The Kier molecular flexibility index (Phi) is 4.63. The minimum Gasteiger partial charge on any atom is -0.493 e. The first-order valence-electron chi connectivity index (χ1n) is 10.3. The molecule has 3 aromatic carbocycles. The maximum Gasteiger partial charge on any atom is 0.161 e. The molecule has 0 saturated heterocycles. The van der Waals surface area contributed by atoms with Gasteiger partial charge in [0.2, 0.25) is 0 Å². The van der Waals surface area contributed by atoms with Gasteiger partial charge in [-0.1, -0.05) is 42.5 Å². The number of rotatable bonds is 4. The van der Waals surface area contributed by atoms with Crippen LogP contribution in [0, 0.1) is 6.92 Å². The highest BCUT2D eigenvalue weighted by Crippen LogP contribution is 2.45. The number of nitrogens with zero attached hydrogens (tertiary/aromatic N) is 1. The van der Waals surface area contributed by atoms with Gasteiger partial charge in [-0.25, -0.2) is 0 Å². The van der Waals surface area contributed by atoms with E-state index in [2.05, 4.69) is 73.4 Å². The van der Waals surface area contributed by atoms with Gasteiger partial charge in [0.1, 0.15) is 0 Å². The van der Waals surface area contributed by atoms with Crippen molar-refractivity contribution >= 4 is 33.4 Å². The molecule has 1 aliphatic heterocycles. The lowest BCUT2D eigenvalue weighted by molar-refractivity contribution is 0.355. The van der Waals surface area contributed by atoms with Gasteiger partial charge in [0.05, 0.1) is 19.9 Å². The van der Waals surface area contributed by atoms with Gasteiger partial charge in [0, 0.05) is 44.6 Å². The summed E-state index contributed by atoms with van der Waals surface area (Å²) in [5.41, 5.74) is 9.94. The third-order valence-corrected chi connectivity index (χ3v) is 5.89. The van der Waals surface area contributed by atoms with Crippen molar-refractivity contribution in [3.63, 3.8) is 0 Å². The molecule has 0 amide bonds. The van der Waals surface area contributed by atoms with Gasteiger partial charge in [-0.15, -0.1) is 0 Å². The molecule has 2 heterocycles. The number of hydrogen-bond donors (Lipinski definition) is 1. The molecule has 5 rings (SSSR count). The number of aryl methyl sites for hydroxylation is 1. The number of nitrogens with one attached hydrogen (secondary N) is 1. The van der Waals surface area contributed by atoms with E-state index in [0.29, 0.717) is 11.5 Å². The van der Waals surface area contributed by atoms with Crippen molar-refractivity contribution in [3.8, 4) is 11.5 Å². The summed E-state index contributed by atoms with van der Waals surface area (Å²) in [5, 5.41) is 1.19. The zero-order valence-corrected chi connectivity index (χ0v) is 18.1. The summed E-state index contributed by atoms with van der Waals surface area (Å²) in [6, 6.07) is 22.9. The second-order valence-electron chi connectivity index (χ2n) is 7.70. The van der Waals surface area contributed by atoms with Crippen molar-refractivity contribution in [1.82, 2.24) is 4.98 Å². The van der Waals surface area contributed by atoms with E-state index in [1.807, 2.05) is 12.1 Å². The highest BCUT2D eigenvalue weighted by molar-refractivity contribution is 6.36. The molecular formula is C27H24N2O2. The third kappa shape index (κ3) is 3.03. The molecule has 0 fully saturated rings. The first-order valence-corrected chi connectivity index (χ1v) is 10.3. The van der Waals surface area contributed by atoms with E-state index < -0.39 is 0 Å². The molecule has 0 spiro atoms. The van der Waals surface area contributed by atoms with Crippen LogP contribution in [0.25, 0.3) is 22.0 Å². The van der Waals surface area contributed by atoms with Crippen molar-refractivity contribution in [2.24, 2.45) is 4.99 Å². The topological polar surface area (TPSA) is 46.6 Å². The zero-order chi connectivity index (χ0) is 21.5. The highest BCUT2D eigenvalue weighted by atomic mass is 16.5. The summed E-state index contributed by atoms with van der Waals surface area (Å²) in [5.74, 6) is 1.42. The molecule has 1 aromatic heterocycles. The van der Waals surface area contributed by atoms with Crippen LogP contribution >= 0.6 is 0 Å². The van der Waals surface area contributed by atoms with Gasteiger partial charge < -0.3 is 14.5 Å². The number of H-pyrrole nitrogens is 1. The molecule has 4 aromatic rings. The number of allylic oxidation sites excluding steroid dienone is 1. The average Bonchev–Trinajstić information content (AvgIpc) is 3.30. The van der Waals surface area contributed by atoms with Crippen LogP contribution in [0.1, 0.15) is 29.3 Å². The van der Waals surface area contributed by atoms with Gasteiger partial charge in [-0.2, -0.15) is 0 Å². The fourth-order valence-corrected chi connectivity index (χ4v) is 4.53. The Labute approximate surface area is 181 Å². The predicted octanol–water partition coefficient (Wildman–Crippen LogP) is 6.56. The number of methoxy groups -OCH3 is 2. The lowest BCUT2D eigenvalue weighted by Crippen LogP contribution is -2.01. The molecule has 0 saturated carbocycles. The van der Waals surface area contributed by atoms with Crippen LogP contribution in [0.15, 0.2) is 71.7 Å². The molecule has 154 valence electrons. The summed E-state index contributed by atoms with van der Waals surface area (Å²) in [4.78, 5) is 8.43. The normalized spacial score (nSPS) is 14.4. The van der Waals surface area contributed by atoms with Gasteiger partial charge in [0.15, 0.2) is 11.5 Å². The summed E-state index contributed by atoms with van der Waals surface area (Å²) < 4.78 is 11.1. The number of hydrogen-bond acceptors (Lipinski definition) is 3. The molecule has 0 atom stereocenters. The highest BCUT2D eigenvalue weighted by Gasteiger charge is 2.26. The minimum absolute atomic E-state index is 0.705. The second-order valence-corrected chi connectivity index (χ2v) is 7.70. The number of ether oxygens (including phenoxy) is 2. The standard InChI is InChI=1S/C27H24N2O2/c1-16-25(19-9-5-7-11-21(19)28-16)27(18-13-14-23(30-3)24(15-18)31-4)26-17(2)29-22-12-8-6-10-20(22)26/h5-15,28H,1-4H3/b27-26+. The number of aromatic amines is 1. The van der Waals surface area contributed by atoms with Crippen LogP contribution in [-0.4, -0.2) is 24.9 Å². The van der Waals surface area contributed by atoms with Crippen LogP contribution in [-0.2, 0) is 0 Å². The Balaban J connectivity index is 1.90. The van der Waals surface area contributed by atoms with Crippen LogP contribution in [0.3, 0.4) is 0 Å². The molecule has 4 nitrogen and oxygen atoms in total. The molecule has 1 aliphatic rings. The second kappa shape index (κ2) is 7.47. The summed E-state index contributed by atoms with van der Waals surface area (Å²) in [6.45, 7) is 4.21. The smallest absolute Gasteiger partial charge is 0.161 e. The molecule has 0 aliphatic carbocycles. The first-order chi connectivity index (χ1) is 15.1. The Morgan fingerprint density at radius 2 is 1.58 bits per heavy atom. The van der Waals surface area contributed by atoms with E-state index in [1.165, 1.54) is 10.9 Å². The number of fused-ring (bicyclic) bond motifs is 2. The minimum atomic E-state index is 0.705. The van der Waals surface area contributed by atoms with Gasteiger partial charge in [0.25, 0.3) is 0 Å². The van der Waals surface area contributed by atoms with Crippen molar-refractivity contribution in [3.05, 3.63) is 89.1 Å². The molecule has 0 unspecified atom stereocenters. The van der Waals surface area contributed by atoms with E-state index in [4.69, 9.17) is 14.5 Å². The van der Waals surface area contributed by atoms with E-state index in [1.54, 1.807) is 14.2 Å². The molecule has 1 N–H and O–H groups in total. The number of para-hydroxylation sites is 2.